The minimum absolute atomic E-state index is 0. The van der Waals surface area contributed by atoms with Crippen molar-refractivity contribution in [2.45, 2.75) is 6.92 Å². The van der Waals surface area contributed by atoms with Crippen LogP contribution in [0.4, 0.5) is 0 Å². The molecule has 0 bridgehead atoms. The summed E-state index contributed by atoms with van der Waals surface area (Å²) in [5.41, 5.74) is 1.23. The Bertz CT molecular complexity index is 427. The lowest BCUT2D eigenvalue weighted by Crippen LogP contribution is -2.48. The van der Waals surface area contributed by atoms with Crippen molar-refractivity contribution in [1.29, 1.82) is 0 Å². The van der Waals surface area contributed by atoms with E-state index in [1.807, 2.05) is 0 Å². The zero-order chi connectivity index (χ0) is 12.3. The molecule has 1 aromatic carbocycles. The topological polar surface area (TPSA) is 58.2 Å². The van der Waals surface area contributed by atoms with Crippen molar-refractivity contribution in [3.05, 3.63) is 35.4 Å². The number of ketones is 1. The highest BCUT2D eigenvalue weighted by Crippen LogP contribution is 2.06. The summed E-state index contributed by atoms with van der Waals surface area (Å²) in [4.78, 5) is 22.8. The molecule has 1 fully saturated rings. The van der Waals surface area contributed by atoms with Gasteiger partial charge in [0.25, 0.3) is 5.91 Å². The second kappa shape index (κ2) is 6.52. The third-order valence-electron chi connectivity index (χ3n) is 2.97. The number of halogens is 1. The van der Waals surface area contributed by atoms with E-state index in [2.05, 4.69) is 10.6 Å². The molecule has 0 aliphatic carbocycles. The van der Waals surface area contributed by atoms with E-state index in [0.29, 0.717) is 23.6 Å². The Morgan fingerprint density at radius 3 is 2.22 bits per heavy atom. The van der Waals surface area contributed by atoms with Crippen LogP contribution in [0.15, 0.2) is 24.3 Å². The van der Waals surface area contributed by atoms with Crippen LogP contribution in [0.1, 0.15) is 27.6 Å². The average molecular weight is 269 g/mol. The van der Waals surface area contributed by atoms with Crippen LogP contribution in [0, 0.1) is 5.92 Å². The minimum Gasteiger partial charge on any atom is -0.352 e. The molecular formula is C13H17ClN2O2. The van der Waals surface area contributed by atoms with Gasteiger partial charge < -0.3 is 10.6 Å². The third kappa shape index (κ3) is 3.55. The van der Waals surface area contributed by atoms with Crippen LogP contribution in [0.2, 0.25) is 0 Å². The van der Waals surface area contributed by atoms with Gasteiger partial charge in [0.1, 0.15) is 0 Å². The van der Waals surface area contributed by atoms with E-state index in [9.17, 15) is 9.59 Å². The van der Waals surface area contributed by atoms with Crippen molar-refractivity contribution in [2.24, 2.45) is 5.92 Å². The van der Waals surface area contributed by atoms with Gasteiger partial charge in [-0.05, 0) is 19.1 Å². The van der Waals surface area contributed by atoms with Gasteiger partial charge in [-0.2, -0.15) is 0 Å². The second-order valence-electron chi connectivity index (χ2n) is 4.37. The first-order valence-corrected chi connectivity index (χ1v) is 5.77. The Balaban J connectivity index is 0.00000162. The van der Waals surface area contributed by atoms with Gasteiger partial charge in [0.2, 0.25) is 0 Å². The molecule has 0 spiro atoms. The van der Waals surface area contributed by atoms with Gasteiger partial charge >= 0.3 is 0 Å². The molecule has 0 unspecified atom stereocenters. The normalized spacial score (nSPS) is 14.3. The molecule has 0 saturated carbocycles. The lowest BCUT2D eigenvalue weighted by atomic mass is 10.0. The molecule has 1 aliphatic rings. The van der Waals surface area contributed by atoms with Gasteiger partial charge in [0.05, 0.1) is 0 Å². The van der Waals surface area contributed by atoms with Crippen LogP contribution in [0.5, 0.6) is 0 Å². The molecule has 0 radical (unpaired) electrons. The average Bonchev–Trinajstić information content (AvgIpc) is 2.27. The fourth-order valence-electron chi connectivity index (χ4n) is 1.69. The second-order valence-corrected chi connectivity index (χ2v) is 4.37. The number of hydrogen-bond donors (Lipinski definition) is 2. The molecule has 1 heterocycles. The molecule has 5 heteroatoms. The first-order chi connectivity index (χ1) is 8.16. The van der Waals surface area contributed by atoms with E-state index < -0.39 is 0 Å². The van der Waals surface area contributed by atoms with Crippen molar-refractivity contribution in [2.75, 3.05) is 19.6 Å². The number of amides is 1. The van der Waals surface area contributed by atoms with Crippen LogP contribution in [-0.4, -0.2) is 31.3 Å². The molecule has 1 aromatic rings. The van der Waals surface area contributed by atoms with Crippen LogP contribution in [0.3, 0.4) is 0 Å². The fraction of sp³-hybridized carbons (Fsp3) is 0.385. The van der Waals surface area contributed by atoms with E-state index in [1.54, 1.807) is 24.3 Å². The van der Waals surface area contributed by atoms with Crippen molar-refractivity contribution in [3.8, 4) is 0 Å². The van der Waals surface area contributed by atoms with Gasteiger partial charge in [0, 0.05) is 36.7 Å². The summed E-state index contributed by atoms with van der Waals surface area (Å²) >= 11 is 0. The zero-order valence-corrected chi connectivity index (χ0v) is 11.0. The maximum absolute atomic E-state index is 11.8. The van der Waals surface area contributed by atoms with Gasteiger partial charge in [-0.25, -0.2) is 0 Å². The maximum atomic E-state index is 11.8. The predicted octanol–water partition coefficient (Wildman–Crippen LogP) is 1.26. The lowest BCUT2D eigenvalue weighted by molar-refractivity contribution is 0.0940. The summed E-state index contributed by atoms with van der Waals surface area (Å²) in [6, 6.07) is 6.74. The first-order valence-electron chi connectivity index (χ1n) is 5.77. The third-order valence-corrected chi connectivity index (χ3v) is 2.97. The Kier molecular flexibility index (Phi) is 5.31. The summed E-state index contributed by atoms with van der Waals surface area (Å²) in [6.07, 6.45) is 0. The monoisotopic (exact) mass is 268 g/mol. The molecule has 1 aliphatic heterocycles. The fourth-order valence-corrected chi connectivity index (χ4v) is 1.69. The molecule has 18 heavy (non-hydrogen) atoms. The number of rotatable bonds is 4. The standard InChI is InChI=1S/C13H16N2O2.ClH/c1-9(16)11-2-4-12(5-3-11)13(17)15-8-10-6-14-7-10;/h2-5,10,14H,6-8H2,1H3,(H,15,17);1H. The Hall–Kier alpha value is -1.39. The summed E-state index contributed by atoms with van der Waals surface area (Å²) in [5.74, 6) is 0.486. The zero-order valence-electron chi connectivity index (χ0n) is 10.2. The summed E-state index contributed by atoms with van der Waals surface area (Å²) < 4.78 is 0. The number of nitrogens with one attached hydrogen (secondary N) is 2. The summed E-state index contributed by atoms with van der Waals surface area (Å²) in [7, 11) is 0. The Morgan fingerprint density at radius 1 is 1.22 bits per heavy atom. The van der Waals surface area contributed by atoms with E-state index in [1.165, 1.54) is 6.92 Å². The van der Waals surface area contributed by atoms with Gasteiger partial charge in [-0.3, -0.25) is 9.59 Å². The van der Waals surface area contributed by atoms with Crippen LogP contribution in [-0.2, 0) is 0 Å². The van der Waals surface area contributed by atoms with Crippen molar-refractivity contribution in [3.63, 3.8) is 0 Å². The van der Waals surface area contributed by atoms with Crippen LogP contribution >= 0.6 is 12.4 Å². The molecule has 1 saturated heterocycles. The minimum atomic E-state index is -0.0768. The highest BCUT2D eigenvalue weighted by molar-refractivity contribution is 5.97. The number of carbonyl (C=O) groups excluding carboxylic acids is 2. The lowest BCUT2D eigenvalue weighted by Gasteiger charge is -2.27. The molecule has 2 rings (SSSR count). The smallest absolute Gasteiger partial charge is 0.251 e. The number of hydrogen-bond acceptors (Lipinski definition) is 3. The van der Waals surface area contributed by atoms with Crippen molar-refractivity contribution in [1.82, 2.24) is 10.6 Å². The highest BCUT2D eigenvalue weighted by Gasteiger charge is 2.17. The molecule has 0 atom stereocenters. The predicted molar refractivity (Wildman–Crippen MR) is 72.4 cm³/mol. The Labute approximate surface area is 113 Å². The highest BCUT2D eigenvalue weighted by atomic mass is 35.5. The van der Waals surface area contributed by atoms with Crippen molar-refractivity contribution < 1.29 is 9.59 Å². The molecule has 4 nitrogen and oxygen atoms in total. The molecule has 1 amide bonds. The quantitative estimate of drug-likeness (QED) is 0.809. The van der Waals surface area contributed by atoms with E-state index in [4.69, 9.17) is 0 Å². The Morgan fingerprint density at radius 2 is 1.78 bits per heavy atom. The molecular weight excluding hydrogens is 252 g/mol. The largest absolute Gasteiger partial charge is 0.352 e. The van der Waals surface area contributed by atoms with Gasteiger partial charge in [-0.15, -0.1) is 12.4 Å². The SMILES string of the molecule is CC(=O)c1ccc(C(=O)NCC2CNC2)cc1.Cl. The summed E-state index contributed by atoms with van der Waals surface area (Å²) in [5, 5.41) is 6.04. The molecule has 2 N–H and O–H groups in total. The number of benzene rings is 1. The molecule has 0 aromatic heterocycles. The van der Waals surface area contributed by atoms with E-state index in [-0.39, 0.29) is 24.1 Å². The van der Waals surface area contributed by atoms with E-state index in [0.717, 1.165) is 13.1 Å². The molecule has 98 valence electrons. The van der Waals surface area contributed by atoms with Gasteiger partial charge in [-0.1, -0.05) is 12.1 Å². The van der Waals surface area contributed by atoms with Crippen LogP contribution in [0.25, 0.3) is 0 Å². The first kappa shape index (κ1) is 14.7. The van der Waals surface area contributed by atoms with E-state index >= 15 is 0 Å². The summed E-state index contributed by atoms with van der Waals surface area (Å²) in [6.45, 7) is 4.17. The van der Waals surface area contributed by atoms with Gasteiger partial charge in [0.15, 0.2) is 5.78 Å². The van der Waals surface area contributed by atoms with Crippen molar-refractivity contribution >= 4 is 24.1 Å². The number of Topliss-reactive ketones (excluding diaryl/α,β-unsaturated/α-hetero) is 1. The number of carbonyl (C=O) groups is 2. The van der Waals surface area contributed by atoms with Crippen LogP contribution < -0.4 is 10.6 Å². The maximum Gasteiger partial charge on any atom is 0.251 e.